The summed E-state index contributed by atoms with van der Waals surface area (Å²) >= 11 is 10.4. The van der Waals surface area contributed by atoms with E-state index in [2.05, 4.69) is 31.4 Å². The van der Waals surface area contributed by atoms with Gasteiger partial charge in [0, 0.05) is 20.7 Å². The summed E-state index contributed by atoms with van der Waals surface area (Å²) in [7, 11) is 0. The van der Waals surface area contributed by atoms with E-state index in [0.717, 1.165) is 10.0 Å². The minimum Gasteiger partial charge on any atom is -0.411 e. The van der Waals surface area contributed by atoms with Crippen LogP contribution in [0, 0.1) is 0 Å². The number of nitrogens with zero attached hydrogens (tertiary/aromatic N) is 2. The zero-order valence-corrected chi connectivity index (χ0v) is 15.4. The minimum absolute atomic E-state index is 0.162. The van der Waals surface area contributed by atoms with Crippen LogP contribution < -0.4 is 5.32 Å². The molecule has 0 aliphatic heterocycles. The van der Waals surface area contributed by atoms with E-state index in [1.54, 1.807) is 24.3 Å². The molecule has 5 nitrogen and oxygen atoms in total. The Balaban J connectivity index is 1.57. The standard InChI is InChI=1S/C16H11BrClN3O2S/c17-11-3-1-2-10(8-11)15-20-21-16(23-15)24-9-14(22)19-13-6-4-12(18)5-7-13/h1-8H,9H2,(H,19,22). The van der Waals surface area contributed by atoms with Gasteiger partial charge in [-0.25, -0.2) is 0 Å². The zero-order valence-electron chi connectivity index (χ0n) is 12.2. The normalized spacial score (nSPS) is 10.6. The van der Waals surface area contributed by atoms with Crippen LogP contribution in [0.25, 0.3) is 11.5 Å². The van der Waals surface area contributed by atoms with Gasteiger partial charge in [0.05, 0.1) is 5.75 Å². The van der Waals surface area contributed by atoms with Crippen molar-refractivity contribution in [2.24, 2.45) is 0 Å². The lowest BCUT2D eigenvalue weighted by Gasteiger charge is -2.03. The second kappa shape index (κ2) is 7.83. The molecule has 24 heavy (non-hydrogen) atoms. The number of nitrogens with one attached hydrogen (secondary N) is 1. The number of amides is 1. The average molecular weight is 425 g/mol. The third-order valence-electron chi connectivity index (χ3n) is 2.93. The van der Waals surface area contributed by atoms with Crippen molar-refractivity contribution in [1.29, 1.82) is 0 Å². The molecule has 0 radical (unpaired) electrons. The van der Waals surface area contributed by atoms with E-state index < -0.39 is 0 Å². The molecule has 3 aromatic rings. The van der Waals surface area contributed by atoms with E-state index in [4.69, 9.17) is 16.0 Å². The Labute approximate surface area is 155 Å². The highest BCUT2D eigenvalue weighted by Gasteiger charge is 2.11. The van der Waals surface area contributed by atoms with Gasteiger partial charge in [-0.05, 0) is 42.5 Å². The first kappa shape index (κ1) is 17.0. The van der Waals surface area contributed by atoms with E-state index in [9.17, 15) is 4.79 Å². The number of hydrogen-bond donors (Lipinski definition) is 1. The van der Waals surface area contributed by atoms with Crippen molar-refractivity contribution in [2.75, 3.05) is 11.1 Å². The number of benzene rings is 2. The molecule has 0 unspecified atom stereocenters. The van der Waals surface area contributed by atoms with E-state index in [1.165, 1.54) is 11.8 Å². The van der Waals surface area contributed by atoms with Gasteiger partial charge in [0.25, 0.3) is 5.22 Å². The summed E-state index contributed by atoms with van der Waals surface area (Å²) in [6.07, 6.45) is 0. The Morgan fingerprint density at radius 2 is 2.00 bits per heavy atom. The zero-order chi connectivity index (χ0) is 16.9. The highest BCUT2D eigenvalue weighted by molar-refractivity contribution is 9.10. The maximum Gasteiger partial charge on any atom is 0.277 e. The predicted molar refractivity (Wildman–Crippen MR) is 98.2 cm³/mol. The Morgan fingerprint density at radius 1 is 1.21 bits per heavy atom. The van der Waals surface area contributed by atoms with Gasteiger partial charge in [-0.3, -0.25) is 4.79 Å². The molecule has 3 rings (SSSR count). The van der Waals surface area contributed by atoms with Crippen LogP contribution >= 0.6 is 39.3 Å². The molecule has 0 aliphatic rings. The van der Waals surface area contributed by atoms with E-state index in [-0.39, 0.29) is 11.7 Å². The summed E-state index contributed by atoms with van der Waals surface area (Å²) in [6.45, 7) is 0. The van der Waals surface area contributed by atoms with Crippen LogP contribution in [0.5, 0.6) is 0 Å². The Hall–Kier alpha value is -1.83. The molecule has 8 heteroatoms. The lowest BCUT2D eigenvalue weighted by atomic mass is 10.2. The van der Waals surface area contributed by atoms with E-state index in [1.807, 2.05) is 24.3 Å². The van der Waals surface area contributed by atoms with Crippen LogP contribution in [0.15, 0.2) is 62.6 Å². The second-order valence-corrected chi connectivity index (χ2v) is 7.01. The van der Waals surface area contributed by atoms with Gasteiger partial charge in [0.2, 0.25) is 11.8 Å². The number of aromatic nitrogens is 2. The maximum atomic E-state index is 11.9. The summed E-state index contributed by atoms with van der Waals surface area (Å²) in [4.78, 5) is 11.9. The number of rotatable bonds is 5. The van der Waals surface area contributed by atoms with Crippen molar-refractivity contribution in [3.05, 3.63) is 58.0 Å². The fourth-order valence-electron chi connectivity index (χ4n) is 1.86. The first-order valence-electron chi connectivity index (χ1n) is 6.88. The topological polar surface area (TPSA) is 68.0 Å². The predicted octanol–water partition coefficient (Wildman–Crippen LogP) is 4.88. The molecular formula is C16H11BrClN3O2S. The Kier molecular flexibility index (Phi) is 5.55. The molecule has 0 fully saturated rings. The maximum absolute atomic E-state index is 11.9. The molecule has 0 spiro atoms. The highest BCUT2D eigenvalue weighted by Crippen LogP contribution is 2.25. The van der Waals surface area contributed by atoms with Gasteiger partial charge >= 0.3 is 0 Å². The molecule has 122 valence electrons. The number of hydrogen-bond acceptors (Lipinski definition) is 5. The van der Waals surface area contributed by atoms with Crippen molar-refractivity contribution >= 4 is 50.9 Å². The van der Waals surface area contributed by atoms with Crippen LogP contribution in [0.4, 0.5) is 5.69 Å². The molecule has 1 amide bonds. The first-order valence-corrected chi connectivity index (χ1v) is 9.03. The van der Waals surface area contributed by atoms with Gasteiger partial charge in [-0.1, -0.05) is 45.4 Å². The van der Waals surface area contributed by atoms with Gasteiger partial charge in [0.15, 0.2) is 0 Å². The molecule has 1 aromatic heterocycles. The third kappa shape index (κ3) is 4.59. The summed E-state index contributed by atoms with van der Waals surface area (Å²) in [6, 6.07) is 14.5. The molecular weight excluding hydrogens is 414 g/mol. The van der Waals surface area contributed by atoms with Crippen LogP contribution in [0.2, 0.25) is 5.02 Å². The molecule has 1 heterocycles. The average Bonchev–Trinajstić information content (AvgIpc) is 3.04. The van der Waals surface area contributed by atoms with Gasteiger partial charge < -0.3 is 9.73 Å². The van der Waals surface area contributed by atoms with Crippen LogP contribution in [-0.2, 0) is 4.79 Å². The number of carbonyl (C=O) groups excluding carboxylic acids is 1. The molecule has 0 saturated carbocycles. The highest BCUT2D eigenvalue weighted by atomic mass is 79.9. The van der Waals surface area contributed by atoms with Gasteiger partial charge in [-0.15, -0.1) is 10.2 Å². The lowest BCUT2D eigenvalue weighted by Crippen LogP contribution is -2.13. The summed E-state index contributed by atoms with van der Waals surface area (Å²) in [5, 5.41) is 11.7. The fraction of sp³-hybridized carbons (Fsp3) is 0.0625. The lowest BCUT2D eigenvalue weighted by molar-refractivity contribution is -0.113. The number of anilines is 1. The van der Waals surface area contributed by atoms with E-state index >= 15 is 0 Å². The van der Waals surface area contributed by atoms with Crippen molar-refractivity contribution in [1.82, 2.24) is 10.2 Å². The van der Waals surface area contributed by atoms with Crippen LogP contribution in [0.1, 0.15) is 0 Å². The minimum atomic E-state index is -0.162. The number of carbonyl (C=O) groups is 1. The molecule has 0 bridgehead atoms. The first-order chi connectivity index (χ1) is 11.6. The number of halogens is 2. The quantitative estimate of drug-likeness (QED) is 0.591. The van der Waals surface area contributed by atoms with Gasteiger partial charge in [-0.2, -0.15) is 0 Å². The van der Waals surface area contributed by atoms with Gasteiger partial charge in [0.1, 0.15) is 0 Å². The van der Waals surface area contributed by atoms with Crippen molar-refractivity contribution in [3.63, 3.8) is 0 Å². The summed E-state index contributed by atoms with van der Waals surface area (Å²) in [5.74, 6) is 0.421. The largest absolute Gasteiger partial charge is 0.411 e. The number of thioether (sulfide) groups is 1. The molecule has 0 atom stereocenters. The molecule has 0 saturated heterocycles. The van der Waals surface area contributed by atoms with Crippen LogP contribution in [-0.4, -0.2) is 21.9 Å². The SMILES string of the molecule is O=C(CSc1nnc(-c2cccc(Br)c2)o1)Nc1ccc(Cl)cc1. The Bertz CT molecular complexity index is 855. The Morgan fingerprint density at radius 3 is 2.75 bits per heavy atom. The monoisotopic (exact) mass is 423 g/mol. The van der Waals surface area contributed by atoms with Crippen LogP contribution in [0.3, 0.4) is 0 Å². The fourth-order valence-corrected chi connectivity index (χ4v) is 2.95. The molecule has 1 N–H and O–H groups in total. The third-order valence-corrected chi connectivity index (χ3v) is 4.50. The van der Waals surface area contributed by atoms with E-state index in [0.29, 0.717) is 21.8 Å². The molecule has 0 aliphatic carbocycles. The van der Waals surface area contributed by atoms with Crippen molar-refractivity contribution < 1.29 is 9.21 Å². The smallest absolute Gasteiger partial charge is 0.277 e. The summed E-state index contributed by atoms with van der Waals surface area (Å²) < 4.78 is 6.49. The van der Waals surface area contributed by atoms with Crippen molar-refractivity contribution in [2.45, 2.75) is 5.22 Å². The second-order valence-electron chi connectivity index (χ2n) is 4.73. The van der Waals surface area contributed by atoms with Crippen molar-refractivity contribution in [3.8, 4) is 11.5 Å². The summed E-state index contributed by atoms with van der Waals surface area (Å²) in [5.41, 5.74) is 1.50. The molecule has 2 aromatic carbocycles.